The SMILES string of the molecule is CCCCCCCCCCCCCCCCC=CN(C=CCCCCCCCCCCCCCCCC)CCCCCCCC/C=C\CCCCCCCCOP(O)O. The fraction of sp³-hybridized carbons (Fsp3) is 0.889. The molecule has 0 bridgehead atoms. The Morgan fingerprint density at radius 1 is 0.322 bits per heavy atom. The molecular weight excluding hydrogens is 742 g/mol. The summed E-state index contributed by atoms with van der Waals surface area (Å²) in [7, 11) is -2.18. The molecule has 2 N–H and O–H groups in total. The second-order valence-electron chi connectivity index (χ2n) is 18.2. The Hall–Kier alpha value is -0.670. The van der Waals surface area contributed by atoms with Crippen LogP contribution in [0, 0.1) is 0 Å². The molecule has 0 heterocycles. The second kappa shape index (κ2) is 53.5. The molecule has 0 aliphatic rings. The molecule has 0 fully saturated rings. The monoisotopic (exact) mass is 848 g/mol. The summed E-state index contributed by atoms with van der Waals surface area (Å²) in [6, 6.07) is 0. The molecule has 0 saturated carbocycles. The van der Waals surface area contributed by atoms with Gasteiger partial charge in [-0.2, -0.15) is 0 Å². The van der Waals surface area contributed by atoms with Crippen LogP contribution in [0.4, 0.5) is 0 Å². The van der Waals surface area contributed by atoms with Gasteiger partial charge in [-0.1, -0.05) is 256 Å². The molecule has 0 radical (unpaired) electrons. The lowest BCUT2D eigenvalue weighted by atomic mass is 10.0. The van der Waals surface area contributed by atoms with Crippen molar-refractivity contribution >= 4 is 8.60 Å². The van der Waals surface area contributed by atoms with Crippen LogP contribution in [0.2, 0.25) is 0 Å². The summed E-state index contributed by atoms with van der Waals surface area (Å²) < 4.78 is 4.82. The van der Waals surface area contributed by atoms with Crippen LogP contribution < -0.4 is 0 Å². The van der Waals surface area contributed by atoms with E-state index >= 15 is 0 Å². The highest BCUT2D eigenvalue weighted by molar-refractivity contribution is 7.39. The lowest BCUT2D eigenvalue weighted by Crippen LogP contribution is -2.11. The van der Waals surface area contributed by atoms with Crippen LogP contribution in [0.25, 0.3) is 0 Å². The van der Waals surface area contributed by atoms with Crippen molar-refractivity contribution in [1.82, 2.24) is 4.90 Å². The van der Waals surface area contributed by atoms with E-state index in [0.717, 1.165) is 19.4 Å². The molecule has 0 rings (SSSR count). The Kier molecular flexibility index (Phi) is 52.9. The van der Waals surface area contributed by atoms with E-state index in [1.807, 2.05) is 0 Å². The van der Waals surface area contributed by atoms with E-state index in [1.165, 1.54) is 270 Å². The minimum absolute atomic E-state index is 0.467. The van der Waals surface area contributed by atoms with E-state index in [0.29, 0.717) is 6.61 Å². The summed E-state index contributed by atoms with van der Waals surface area (Å²) in [6.45, 7) is 6.24. The standard InChI is InChI=1S/C54H106NO3P/c1-3-5-7-9-11-13-15-17-19-23-27-31-35-39-43-47-51-55(52-48-44-40-36-32-28-24-20-18-16-14-12-10-8-6-4-2)53-49-45-41-37-33-29-25-21-22-26-30-34-38-42-46-50-54-58-59(56)57/h21-22,47-48,51-52,56-57H,3-20,23-46,49-50,53-54H2,1-2H3/b22-21-,51-47?,52-48?. The first-order valence-electron chi connectivity index (χ1n) is 26.8. The highest BCUT2D eigenvalue weighted by Gasteiger charge is 2.00. The van der Waals surface area contributed by atoms with Gasteiger partial charge in [-0.15, -0.1) is 0 Å². The summed E-state index contributed by atoms with van der Waals surface area (Å²) in [5.74, 6) is 0. The maximum Gasteiger partial charge on any atom is 0.327 e. The number of allylic oxidation sites excluding steroid dienone is 4. The molecule has 0 aromatic heterocycles. The number of unbranched alkanes of at least 4 members (excludes halogenated alkanes) is 40. The highest BCUT2D eigenvalue weighted by atomic mass is 31.2. The Bertz CT molecular complexity index is 803. The van der Waals surface area contributed by atoms with Crippen LogP contribution in [-0.2, 0) is 4.52 Å². The van der Waals surface area contributed by atoms with Crippen molar-refractivity contribution < 1.29 is 14.3 Å². The molecule has 0 aliphatic heterocycles. The molecule has 0 atom stereocenters. The molecule has 0 amide bonds. The number of hydrogen-bond donors (Lipinski definition) is 2. The summed E-state index contributed by atoms with van der Waals surface area (Å²) >= 11 is 0. The molecule has 350 valence electrons. The van der Waals surface area contributed by atoms with Gasteiger partial charge in [0, 0.05) is 6.54 Å². The van der Waals surface area contributed by atoms with Crippen LogP contribution in [-0.4, -0.2) is 27.8 Å². The van der Waals surface area contributed by atoms with Gasteiger partial charge in [-0.25, -0.2) is 0 Å². The Labute approximate surface area is 372 Å². The maximum atomic E-state index is 8.75. The average Bonchev–Trinajstić information content (AvgIpc) is 3.23. The number of hydrogen-bond acceptors (Lipinski definition) is 4. The lowest BCUT2D eigenvalue weighted by molar-refractivity contribution is 0.248. The molecular formula is C54H106NO3P. The van der Waals surface area contributed by atoms with Crippen LogP contribution >= 0.6 is 8.60 Å². The topological polar surface area (TPSA) is 52.9 Å². The first kappa shape index (κ1) is 58.3. The van der Waals surface area contributed by atoms with Gasteiger partial charge >= 0.3 is 8.60 Å². The normalized spacial score (nSPS) is 12.2. The molecule has 0 aromatic carbocycles. The lowest BCUT2D eigenvalue weighted by Gasteiger charge is -2.15. The van der Waals surface area contributed by atoms with Crippen molar-refractivity contribution in [2.75, 3.05) is 13.2 Å². The Balaban J connectivity index is 4.11. The van der Waals surface area contributed by atoms with E-state index in [2.05, 4.69) is 55.5 Å². The highest BCUT2D eigenvalue weighted by Crippen LogP contribution is 2.24. The summed E-state index contributed by atoms with van der Waals surface area (Å²) in [5.41, 5.74) is 0. The zero-order valence-electron chi connectivity index (χ0n) is 40.2. The van der Waals surface area contributed by atoms with Crippen LogP contribution in [0.5, 0.6) is 0 Å². The van der Waals surface area contributed by atoms with Gasteiger partial charge in [0.2, 0.25) is 0 Å². The fourth-order valence-electron chi connectivity index (χ4n) is 8.25. The van der Waals surface area contributed by atoms with Crippen molar-refractivity contribution in [3.8, 4) is 0 Å². The fourth-order valence-corrected chi connectivity index (χ4v) is 8.54. The van der Waals surface area contributed by atoms with Crippen molar-refractivity contribution in [2.45, 2.75) is 296 Å². The molecule has 0 saturated heterocycles. The first-order chi connectivity index (χ1) is 29.2. The molecule has 0 spiro atoms. The number of rotatable bonds is 51. The van der Waals surface area contributed by atoms with Crippen molar-refractivity contribution in [1.29, 1.82) is 0 Å². The van der Waals surface area contributed by atoms with Gasteiger partial charge in [-0.05, 0) is 76.6 Å². The van der Waals surface area contributed by atoms with Gasteiger partial charge in [0.05, 0.1) is 6.61 Å². The van der Waals surface area contributed by atoms with Crippen LogP contribution in [0.3, 0.4) is 0 Å². The van der Waals surface area contributed by atoms with Crippen molar-refractivity contribution in [3.05, 3.63) is 36.7 Å². The smallest absolute Gasteiger partial charge is 0.327 e. The van der Waals surface area contributed by atoms with Gasteiger partial charge in [0.25, 0.3) is 0 Å². The maximum absolute atomic E-state index is 8.75. The van der Waals surface area contributed by atoms with E-state index in [-0.39, 0.29) is 0 Å². The zero-order valence-corrected chi connectivity index (χ0v) is 41.1. The summed E-state index contributed by atoms with van der Waals surface area (Å²) in [6.07, 6.45) is 74.7. The van der Waals surface area contributed by atoms with E-state index in [1.54, 1.807) is 0 Å². The quantitative estimate of drug-likeness (QED) is 0.0364. The molecule has 0 aliphatic carbocycles. The predicted molar refractivity (Wildman–Crippen MR) is 266 cm³/mol. The molecule has 0 aromatic rings. The van der Waals surface area contributed by atoms with Gasteiger partial charge in [0.15, 0.2) is 0 Å². The van der Waals surface area contributed by atoms with Crippen molar-refractivity contribution in [2.24, 2.45) is 0 Å². The Morgan fingerprint density at radius 3 is 0.881 bits per heavy atom. The summed E-state index contributed by atoms with van der Waals surface area (Å²) in [4.78, 5) is 20.0. The third-order valence-corrected chi connectivity index (χ3v) is 12.6. The largest absolute Gasteiger partial charge is 0.355 e. The molecule has 4 nitrogen and oxygen atoms in total. The van der Waals surface area contributed by atoms with E-state index in [9.17, 15) is 0 Å². The molecule has 5 heteroatoms. The molecule has 59 heavy (non-hydrogen) atoms. The predicted octanol–water partition coefficient (Wildman–Crippen LogP) is 19.3. The average molecular weight is 848 g/mol. The van der Waals surface area contributed by atoms with E-state index in [4.69, 9.17) is 14.3 Å². The minimum atomic E-state index is -2.18. The summed E-state index contributed by atoms with van der Waals surface area (Å²) in [5, 5.41) is 0. The minimum Gasteiger partial charge on any atom is -0.355 e. The Morgan fingerprint density at radius 2 is 0.576 bits per heavy atom. The first-order valence-corrected chi connectivity index (χ1v) is 27.9. The zero-order chi connectivity index (χ0) is 42.6. The van der Waals surface area contributed by atoms with Crippen LogP contribution in [0.15, 0.2) is 36.7 Å². The van der Waals surface area contributed by atoms with Crippen LogP contribution in [0.1, 0.15) is 296 Å². The van der Waals surface area contributed by atoms with Gasteiger partial charge in [0.1, 0.15) is 0 Å². The van der Waals surface area contributed by atoms with Gasteiger partial charge < -0.3 is 19.2 Å². The molecule has 0 unspecified atom stereocenters. The van der Waals surface area contributed by atoms with E-state index < -0.39 is 8.60 Å². The third-order valence-electron chi connectivity index (χ3n) is 12.2. The third kappa shape index (κ3) is 53.4. The second-order valence-corrected chi connectivity index (χ2v) is 18.9. The van der Waals surface area contributed by atoms with Gasteiger partial charge in [-0.3, -0.25) is 0 Å². The van der Waals surface area contributed by atoms with Crippen molar-refractivity contribution in [3.63, 3.8) is 0 Å². The number of nitrogens with zero attached hydrogens (tertiary/aromatic N) is 1.